The second-order valence-corrected chi connectivity index (χ2v) is 4.52. The van der Waals surface area contributed by atoms with Gasteiger partial charge in [0, 0.05) is 12.1 Å². The molecule has 0 aliphatic rings. The van der Waals surface area contributed by atoms with Crippen molar-refractivity contribution < 1.29 is 19.1 Å². The molecule has 0 unspecified atom stereocenters. The average molecular weight is 288 g/mol. The Bertz CT molecular complexity index is 649. The summed E-state index contributed by atoms with van der Waals surface area (Å²) in [6.07, 6.45) is 0.465. The zero-order valence-corrected chi connectivity index (χ0v) is 11.3. The summed E-state index contributed by atoms with van der Waals surface area (Å²) in [5.41, 5.74) is 6.86. The first-order chi connectivity index (χ1) is 10.1. The van der Waals surface area contributed by atoms with Gasteiger partial charge in [0.05, 0.1) is 6.54 Å². The Morgan fingerprint density at radius 2 is 2.05 bits per heavy atom. The molecule has 0 atom stereocenters. The van der Waals surface area contributed by atoms with Gasteiger partial charge < -0.3 is 20.6 Å². The van der Waals surface area contributed by atoms with Gasteiger partial charge in [-0.05, 0) is 36.2 Å². The first-order valence-electron chi connectivity index (χ1n) is 6.49. The molecule has 1 aromatic heterocycles. The number of rotatable bonds is 6. The van der Waals surface area contributed by atoms with E-state index in [4.69, 9.17) is 15.3 Å². The lowest BCUT2D eigenvalue weighted by Gasteiger charge is -2.05. The van der Waals surface area contributed by atoms with Crippen LogP contribution in [0, 0.1) is 0 Å². The van der Waals surface area contributed by atoms with E-state index in [1.807, 2.05) is 6.07 Å². The van der Waals surface area contributed by atoms with Gasteiger partial charge in [-0.2, -0.15) is 0 Å². The molecular formula is C15H16N2O4. The van der Waals surface area contributed by atoms with Crippen molar-refractivity contribution in [2.24, 2.45) is 5.73 Å². The van der Waals surface area contributed by atoms with Gasteiger partial charge in [0.15, 0.2) is 5.76 Å². The van der Waals surface area contributed by atoms with Crippen LogP contribution in [-0.2, 0) is 17.8 Å². The van der Waals surface area contributed by atoms with Gasteiger partial charge in [-0.25, -0.2) is 0 Å². The third-order valence-electron chi connectivity index (χ3n) is 2.90. The molecule has 0 aliphatic carbocycles. The smallest absolute Gasteiger partial charge is 0.303 e. The van der Waals surface area contributed by atoms with Gasteiger partial charge in [-0.3, -0.25) is 9.59 Å². The summed E-state index contributed by atoms with van der Waals surface area (Å²) in [4.78, 5) is 22.5. The summed E-state index contributed by atoms with van der Waals surface area (Å²) in [5, 5.41) is 11.4. The minimum atomic E-state index is -0.852. The predicted octanol–water partition coefficient (Wildman–Crippen LogP) is 2.01. The first-order valence-corrected chi connectivity index (χ1v) is 6.49. The Hall–Kier alpha value is -2.60. The number of hydrogen-bond donors (Lipinski definition) is 3. The maximum Gasteiger partial charge on any atom is 0.303 e. The number of carbonyl (C=O) groups excluding carboxylic acids is 1. The number of nitrogens with one attached hydrogen (secondary N) is 1. The summed E-state index contributed by atoms with van der Waals surface area (Å²) < 4.78 is 5.26. The van der Waals surface area contributed by atoms with Crippen molar-refractivity contribution in [1.82, 2.24) is 0 Å². The van der Waals surface area contributed by atoms with E-state index in [1.54, 1.807) is 30.3 Å². The molecule has 0 radical (unpaired) electrons. The molecule has 1 amide bonds. The normalized spacial score (nSPS) is 10.3. The number of benzene rings is 1. The number of carbonyl (C=O) groups is 2. The first kappa shape index (κ1) is 14.8. The van der Waals surface area contributed by atoms with E-state index in [-0.39, 0.29) is 24.6 Å². The molecule has 0 saturated carbocycles. The Morgan fingerprint density at radius 1 is 1.24 bits per heavy atom. The fourth-order valence-corrected chi connectivity index (χ4v) is 1.86. The highest BCUT2D eigenvalue weighted by atomic mass is 16.4. The van der Waals surface area contributed by atoms with Crippen molar-refractivity contribution in [2.45, 2.75) is 19.4 Å². The van der Waals surface area contributed by atoms with Crippen LogP contribution in [0.15, 0.2) is 40.8 Å². The molecule has 21 heavy (non-hydrogen) atoms. The van der Waals surface area contributed by atoms with E-state index >= 15 is 0 Å². The molecule has 2 aromatic rings. The van der Waals surface area contributed by atoms with E-state index in [0.717, 1.165) is 5.56 Å². The van der Waals surface area contributed by atoms with Crippen LogP contribution in [-0.4, -0.2) is 17.0 Å². The monoisotopic (exact) mass is 288 g/mol. The lowest BCUT2D eigenvalue weighted by atomic mass is 10.1. The maximum absolute atomic E-state index is 12.0. The van der Waals surface area contributed by atoms with E-state index in [9.17, 15) is 9.59 Å². The van der Waals surface area contributed by atoms with Gasteiger partial charge in [-0.15, -0.1) is 0 Å². The number of carboxylic acids is 1. The summed E-state index contributed by atoms with van der Waals surface area (Å²) in [6.45, 7) is 0.234. The Morgan fingerprint density at radius 3 is 2.71 bits per heavy atom. The number of furan rings is 1. The number of anilines is 1. The standard InChI is InChI=1S/C15H16N2O4/c16-9-12-5-6-13(21-12)15(20)17-11-3-1-2-10(8-11)4-7-14(18)19/h1-3,5-6,8H,4,7,9,16H2,(H,17,20)(H,18,19). The Labute approximate surface area is 121 Å². The van der Waals surface area contributed by atoms with Crippen molar-refractivity contribution in [3.8, 4) is 0 Å². The van der Waals surface area contributed by atoms with Gasteiger partial charge in [0.25, 0.3) is 5.91 Å². The number of amides is 1. The van der Waals surface area contributed by atoms with Crippen LogP contribution in [0.4, 0.5) is 5.69 Å². The fourth-order valence-electron chi connectivity index (χ4n) is 1.86. The zero-order valence-electron chi connectivity index (χ0n) is 11.3. The Balaban J connectivity index is 2.03. The third-order valence-corrected chi connectivity index (χ3v) is 2.90. The zero-order chi connectivity index (χ0) is 15.2. The molecule has 0 aliphatic heterocycles. The quantitative estimate of drug-likeness (QED) is 0.754. The molecule has 0 spiro atoms. The van der Waals surface area contributed by atoms with E-state index in [1.165, 1.54) is 0 Å². The number of nitrogens with two attached hydrogens (primary N) is 1. The Kier molecular flexibility index (Phi) is 4.73. The minimum absolute atomic E-state index is 0.0510. The van der Waals surface area contributed by atoms with Gasteiger partial charge in [0.1, 0.15) is 5.76 Å². The molecule has 1 aromatic carbocycles. The molecule has 2 rings (SSSR count). The van der Waals surface area contributed by atoms with Crippen molar-refractivity contribution >= 4 is 17.6 Å². The highest BCUT2D eigenvalue weighted by molar-refractivity contribution is 6.02. The number of hydrogen-bond acceptors (Lipinski definition) is 4. The topological polar surface area (TPSA) is 106 Å². The average Bonchev–Trinajstić information content (AvgIpc) is 2.94. The fraction of sp³-hybridized carbons (Fsp3) is 0.200. The summed E-state index contributed by atoms with van der Waals surface area (Å²) >= 11 is 0. The highest BCUT2D eigenvalue weighted by Gasteiger charge is 2.11. The third kappa shape index (κ3) is 4.19. The van der Waals surface area contributed by atoms with E-state index < -0.39 is 5.97 Å². The van der Waals surface area contributed by atoms with Crippen LogP contribution < -0.4 is 11.1 Å². The van der Waals surface area contributed by atoms with Gasteiger partial charge in [-0.1, -0.05) is 12.1 Å². The molecule has 1 heterocycles. The number of aryl methyl sites for hydroxylation is 1. The molecule has 6 nitrogen and oxygen atoms in total. The van der Waals surface area contributed by atoms with Crippen LogP contribution in [0.2, 0.25) is 0 Å². The minimum Gasteiger partial charge on any atom is -0.481 e. The predicted molar refractivity (Wildman–Crippen MR) is 77.0 cm³/mol. The molecule has 0 fully saturated rings. The lowest BCUT2D eigenvalue weighted by molar-refractivity contribution is -0.136. The number of aliphatic carboxylic acids is 1. The van der Waals surface area contributed by atoms with Crippen LogP contribution in [0.5, 0.6) is 0 Å². The van der Waals surface area contributed by atoms with Crippen molar-refractivity contribution in [3.05, 3.63) is 53.5 Å². The summed E-state index contributed by atoms with van der Waals surface area (Å²) in [5.74, 6) is -0.499. The van der Waals surface area contributed by atoms with Crippen molar-refractivity contribution in [3.63, 3.8) is 0 Å². The molecular weight excluding hydrogens is 272 g/mol. The number of carboxylic acid groups (broad SMARTS) is 1. The van der Waals surface area contributed by atoms with E-state index in [0.29, 0.717) is 17.9 Å². The van der Waals surface area contributed by atoms with Crippen LogP contribution in [0.1, 0.15) is 28.3 Å². The maximum atomic E-state index is 12.0. The molecule has 0 bridgehead atoms. The SMILES string of the molecule is NCc1ccc(C(=O)Nc2cccc(CCC(=O)O)c2)o1. The van der Waals surface area contributed by atoms with Crippen molar-refractivity contribution in [2.75, 3.05) is 5.32 Å². The second-order valence-electron chi connectivity index (χ2n) is 4.52. The highest BCUT2D eigenvalue weighted by Crippen LogP contribution is 2.15. The van der Waals surface area contributed by atoms with Crippen molar-refractivity contribution in [1.29, 1.82) is 0 Å². The second kappa shape index (κ2) is 6.71. The lowest BCUT2D eigenvalue weighted by Crippen LogP contribution is -2.11. The van der Waals surface area contributed by atoms with Crippen LogP contribution in [0.3, 0.4) is 0 Å². The molecule has 4 N–H and O–H groups in total. The van der Waals surface area contributed by atoms with Crippen LogP contribution in [0.25, 0.3) is 0 Å². The summed E-state index contributed by atoms with van der Waals surface area (Å²) in [7, 11) is 0. The molecule has 6 heteroatoms. The van der Waals surface area contributed by atoms with Gasteiger partial charge in [0.2, 0.25) is 0 Å². The molecule has 0 saturated heterocycles. The van der Waals surface area contributed by atoms with Gasteiger partial charge >= 0.3 is 5.97 Å². The molecule has 110 valence electrons. The van der Waals surface area contributed by atoms with Crippen LogP contribution >= 0.6 is 0 Å². The largest absolute Gasteiger partial charge is 0.481 e. The van der Waals surface area contributed by atoms with E-state index in [2.05, 4.69) is 5.32 Å². The summed E-state index contributed by atoms with van der Waals surface area (Å²) in [6, 6.07) is 10.3.